The molecule has 2 aromatic carbocycles. The van der Waals surface area contributed by atoms with Crippen molar-refractivity contribution in [2.24, 2.45) is 10.9 Å². The first-order valence-electron chi connectivity index (χ1n) is 14.4. The van der Waals surface area contributed by atoms with E-state index in [2.05, 4.69) is 76.6 Å². The quantitative estimate of drug-likeness (QED) is 0.222. The van der Waals surface area contributed by atoms with Crippen molar-refractivity contribution >= 4 is 45.2 Å². The number of benzene rings is 2. The minimum absolute atomic E-state index is 0.164. The van der Waals surface area contributed by atoms with Gasteiger partial charge in [-0.05, 0) is 107 Å². The first-order valence-corrected chi connectivity index (χ1v) is 15.2. The Morgan fingerprint density at radius 3 is 2.55 bits per heavy atom. The van der Waals surface area contributed by atoms with Crippen molar-refractivity contribution in [3.63, 3.8) is 0 Å². The molecule has 0 bridgehead atoms. The van der Waals surface area contributed by atoms with Gasteiger partial charge in [-0.1, -0.05) is 28.1 Å². The molecule has 3 fully saturated rings. The van der Waals surface area contributed by atoms with Gasteiger partial charge in [-0.25, -0.2) is 14.7 Å². The highest BCUT2D eigenvalue weighted by Crippen LogP contribution is 2.43. The molecule has 2 aliphatic heterocycles. The maximum absolute atomic E-state index is 13.2. The average Bonchev–Trinajstić information content (AvgIpc) is 3.70. The number of nitrogens with zero attached hydrogens (tertiary/aromatic N) is 3. The number of guanidine groups is 1. The molecule has 0 spiro atoms. The summed E-state index contributed by atoms with van der Waals surface area (Å²) in [6.45, 7) is 12.8. The predicted octanol–water partition coefficient (Wildman–Crippen LogP) is 5.40. The molecule has 3 amide bonds. The Kier molecular flexibility index (Phi) is 8.13. The molecule has 3 N–H and O–H groups in total. The van der Waals surface area contributed by atoms with Crippen molar-refractivity contribution in [2.75, 3.05) is 22.9 Å². The lowest BCUT2D eigenvalue weighted by Gasteiger charge is -2.37. The van der Waals surface area contributed by atoms with E-state index in [1.807, 2.05) is 31.2 Å². The van der Waals surface area contributed by atoms with Gasteiger partial charge in [-0.2, -0.15) is 0 Å². The Bertz CT molecular complexity index is 1300. The predicted molar refractivity (Wildman–Crippen MR) is 165 cm³/mol. The molecular formula is C31H41BrN6O2. The number of aryl methyl sites for hydroxylation is 2. The van der Waals surface area contributed by atoms with Crippen LogP contribution in [0.2, 0.25) is 0 Å². The molecule has 5 rings (SSSR count). The number of carbonyl (C=O) groups excluding carboxylic acids is 2. The normalized spacial score (nSPS) is 23.6. The molecule has 1 aliphatic carbocycles. The fourth-order valence-electron chi connectivity index (χ4n) is 6.09. The lowest BCUT2D eigenvalue weighted by atomic mass is 9.96. The number of hydrogen-bond donors (Lipinski definition) is 3. The number of anilines is 2. The van der Waals surface area contributed by atoms with Gasteiger partial charge in [-0.3, -0.25) is 4.79 Å². The Balaban J connectivity index is 1.29. The molecule has 1 saturated carbocycles. The number of aliphatic imine (C=N–C) groups is 1. The minimum atomic E-state index is -0.801. The standard InChI is InChI=1S/C31H41BrN6O2/c1-19(2)34-29(35-25-9-7-13-37(18-25)27-20(3)14-24(32)15-21(27)4)33-17-22-8-6-10-26(16-22)38-28(39)31(5,23-11-12-23)36-30(38)40/h6,8,10,14-16,19,23,25H,7,9,11-13,17-18H2,1-5H3,(H,36,40)(H2,33,34,35). The van der Waals surface area contributed by atoms with Crippen molar-refractivity contribution in [3.8, 4) is 0 Å². The van der Waals surface area contributed by atoms with Crippen LogP contribution in [0.1, 0.15) is 63.1 Å². The number of imide groups is 1. The largest absolute Gasteiger partial charge is 0.369 e. The molecule has 214 valence electrons. The number of hydrogen-bond acceptors (Lipinski definition) is 4. The van der Waals surface area contributed by atoms with Crippen molar-refractivity contribution < 1.29 is 9.59 Å². The van der Waals surface area contributed by atoms with Crippen LogP contribution in [-0.4, -0.2) is 48.6 Å². The summed E-state index contributed by atoms with van der Waals surface area (Å²) < 4.78 is 1.12. The number of piperidine rings is 1. The van der Waals surface area contributed by atoms with Crippen molar-refractivity contribution in [1.29, 1.82) is 0 Å². The van der Waals surface area contributed by atoms with E-state index in [1.54, 1.807) is 0 Å². The summed E-state index contributed by atoms with van der Waals surface area (Å²) in [5.41, 5.74) is 4.61. The lowest BCUT2D eigenvalue weighted by Crippen LogP contribution is -2.52. The van der Waals surface area contributed by atoms with Gasteiger partial charge in [0.05, 0.1) is 12.2 Å². The molecule has 8 nitrogen and oxygen atoms in total. The van der Waals surface area contributed by atoms with Crippen molar-refractivity contribution in [1.82, 2.24) is 16.0 Å². The smallest absolute Gasteiger partial charge is 0.329 e. The summed E-state index contributed by atoms with van der Waals surface area (Å²) in [6.07, 6.45) is 4.14. The molecule has 0 radical (unpaired) electrons. The van der Waals surface area contributed by atoms with Crippen molar-refractivity contribution in [2.45, 2.75) is 84.5 Å². The highest BCUT2D eigenvalue weighted by Gasteiger charge is 2.56. The molecule has 40 heavy (non-hydrogen) atoms. The molecular weight excluding hydrogens is 568 g/mol. The van der Waals surface area contributed by atoms with Gasteiger partial charge in [0.2, 0.25) is 0 Å². The second-order valence-electron chi connectivity index (χ2n) is 12.0. The van der Waals surface area contributed by atoms with Gasteiger partial charge in [0.1, 0.15) is 5.54 Å². The molecule has 2 atom stereocenters. The molecule has 9 heteroatoms. The van der Waals surface area contributed by atoms with Gasteiger partial charge < -0.3 is 20.9 Å². The Morgan fingerprint density at radius 2 is 1.88 bits per heavy atom. The topological polar surface area (TPSA) is 89.1 Å². The van der Waals surface area contributed by atoms with Crippen LogP contribution < -0.4 is 25.8 Å². The van der Waals surface area contributed by atoms with E-state index in [-0.39, 0.29) is 29.9 Å². The summed E-state index contributed by atoms with van der Waals surface area (Å²) in [6, 6.07) is 12.1. The van der Waals surface area contributed by atoms with Gasteiger partial charge >= 0.3 is 6.03 Å². The Hall–Kier alpha value is -3.07. The first-order chi connectivity index (χ1) is 19.0. The number of carbonyl (C=O) groups is 2. The van der Waals surface area contributed by atoms with E-state index < -0.39 is 5.54 Å². The number of rotatable bonds is 7. The third-order valence-electron chi connectivity index (χ3n) is 8.16. The third kappa shape index (κ3) is 5.99. The van der Waals surface area contributed by atoms with Crippen LogP contribution in [0.5, 0.6) is 0 Å². The van der Waals surface area contributed by atoms with Crippen LogP contribution in [-0.2, 0) is 11.3 Å². The average molecular weight is 610 g/mol. The first kappa shape index (κ1) is 28.5. The summed E-state index contributed by atoms with van der Waals surface area (Å²) >= 11 is 3.62. The Labute approximate surface area is 246 Å². The van der Waals surface area contributed by atoms with Crippen LogP contribution in [0.4, 0.5) is 16.2 Å². The number of nitrogens with one attached hydrogen (secondary N) is 3. The van der Waals surface area contributed by atoms with Gasteiger partial charge in [0.15, 0.2) is 5.96 Å². The molecule has 2 saturated heterocycles. The second kappa shape index (κ2) is 11.4. The summed E-state index contributed by atoms with van der Waals surface area (Å²) in [5, 5.41) is 10.1. The zero-order valence-electron chi connectivity index (χ0n) is 24.2. The molecule has 2 heterocycles. The number of urea groups is 1. The highest BCUT2D eigenvalue weighted by atomic mass is 79.9. The van der Waals surface area contributed by atoms with E-state index in [4.69, 9.17) is 4.99 Å². The second-order valence-corrected chi connectivity index (χ2v) is 12.9. The SMILES string of the molecule is Cc1cc(Br)cc(C)c1N1CCCC(NC(=NCc2cccc(N3C(=O)NC(C)(C4CC4)C3=O)c2)NC(C)C)C1. The van der Waals surface area contributed by atoms with Crippen LogP contribution in [0.3, 0.4) is 0 Å². The molecule has 2 aromatic rings. The third-order valence-corrected chi connectivity index (χ3v) is 8.62. The van der Waals surface area contributed by atoms with E-state index in [1.165, 1.54) is 21.7 Å². The zero-order valence-corrected chi connectivity index (χ0v) is 25.8. The van der Waals surface area contributed by atoms with Gasteiger partial charge in [-0.15, -0.1) is 0 Å². The fourth-order valence-corrected chi connectivity index (χ4v) is 6.78. The van der Waals surface area contributed by atoms with E-state index in [0.29, 0.717) is 12.2 Å². The molecule has 0 aromatic heterocycles. The van der Waals surface area contributed by atoms with Crippen molar-refractivity contribution in [3.05, 3.63) is 57.6 Å². The molecule has 2 unspecified atom stereocenters. The molecule has 3 aliphatic rings. The van der Waals surface area contributed by atoms with E-state index >= 15 is 0 Å². The van der Waals surface area contributed by atoms with E-state index in [0.717, 1.165) is 54.8 Å². The lowest BCUT2D eigenvalue weighted by molar-refractivity contribution is -0.122. The van der Waals surface area contributed by atoms with Gasteiger partial charge in [0.25, 0.3) is 5.91 Å². The van der Waals surface area contributed by atoms with Crippen LogP contribution in [0, 0.1) is 19.8 Å². The summed E-state index contributed by atoms with van der Waals surface area (Å²) in [5.74, 6) is 0.833. The maximum Gasteiger partial charge on any atom is 0.329 e. The zero-order chi connectivity index (χ0) is 28.6. The van der Waals surface area contributed by atoms with Crippen LogP contribution in [0.15, 0.2) is 45.9 Å². The van der Waals surface area contributed by atoms with Gasteiger partial charge in [0, 0.05) is 35.3 Å². The number of halogens is 1. The van der Waals surface area contributed by atoms with E-state index in [9.17, 15) is 9.59 Å². The minimum Gasteiger partial charge on any atom is -0.369 e. The summed E-state index contributed by atoms with van der Waals surface area (Å²) in [7, 11) is 0. The van der Waals surface area contributed by atoms with Crippen LogP contribution >= 0.6 is 15.9 Å². The highest BCUT2D eigenvalue weighted by molar-refractivity contribution is 9.10. The van der Waals surface area contributed by atoms with Crippen LogP contribution in [0.25, 0.3) is 0 Å². The monoisotopic (exact) mass is 608 g/mol. The number of amides is 3. The maximum atomic E-state index is 13.2. The Morgan fingerprint density at radius 1 is 1.15 bits per heavy atom. The fraction of sp³-hybridized carbons (Fsp3) is 0.516. The summed E-state index contributed by atoms with van der Waals surface area (Å²) in [4.78, 5) is 34.7.